The molecule has 7 atom stereocenters. The number of benzene rings is 2. The third-order valence-corrected chi connectivity index (χ3v) is 14.3. The summed E-state index contributed by atoms with van der Waals surface area (Å²) in [5, 5.41) is 3.86. The molecule has 0 saturated carbocycles. The SMILES string of the molecule is CCOC1=CC(C2Oc3cc(-c4cnc(C5CCCN5C(=O)C(N)C(C)C)[nH]4)ccc3-c3cc4cc(C5=CC(C)CCC(C6CCCN6C(=O)C(NC(=O)OC)C(C)C)=N5)ccc4n32)CC=C1. The number of allylic oxidation sites excluding steroid dienone is 3. The number of alkyl carbamates (subject to hydrolysis) is 1. The molecule has 14 nitrogen and oxygen atoms in total. The number of carbonyl (C=O) groups excluding carboxylic acids is 3. The van der Waals surface area contributed by atoms with Gasteiger partial charge in [0.15, 0.2) is 6.23 Å². The van der Waals surface area contributed by atoms with Crippen LogP contribution in [-0.2, 0) is 19.1 Å². The summed E-state index contributed by atoms with van der Waals surface area (Å²) in [6.07, 6.45) is 15.5. The molecule has 9 rings (SSSR count). The van der Waals surface area contributed by atoms with Gasteiger partial charge >= 0.3 is 6.09 Å². The molecular weight excluding hydrogens is 845 g/mol. The van der Waals surface area contributed by atoms with Crippen LogP contribution in [0.4, 0.5) is 4.79 Å². The van der Waals surface area contributed by atoms with Crippen LogP contribution in [0.5, 0.6) is 5.75 Å². The van der Waals surface area contributed by atoms with Crippen LogP contribution >= 0.6 is 0 Å². The number of aromatic nitrogens is 3. The molecular formula is C53H66N8O6. The number of amides is 3. The van der Waals surface area contributed by atoms with E-state index < -0.39 is 18.2 Å². The first kappa shape index (κ1) is 46.0. The smallest absolute Gasteiger partial charge is 0.407 e. The van der Waals surface area contributed by atoms with Gasteiger partial charge < -0.3 is 44.6 Å². The molecule has 4 aliphatic heterocycles. The van der Waals surface area contributed by atoms with Crippen molar-refractivity contribution in [1.82, 2.24) is 29.7 Å². The van der Waals surface area contributed by atoms with E-state index in [9.17, 15) is 14.4 Å². The number of carbonyl (C=O) groups is 3. The van der Waals surface area contributed by atoms with Crippen LogP contribution in [0, 0.1) is 23.7 Å². The van der Waals surface area contributed by atoms with Crippen LogP contribution in [0.2, 0.25) is 0 Å². The molecule has 67 heavy (non-hydrogen) atoms. The van der Waals surface area contributed by atoms with E-state index in [0.717, 1.165) is 113 Å². The van der Waals surface area contributed by atoms with Crippen molar-refractivity contribution in [3.05, 3.63) is 90.1 Å². The highest BCUT2D eigenvalue weighted by atomic mass is 16.5. The van der Waals surface area contributed by atoms with Gasteiger partial charge in [0.05, 0.1) is 60.6 Å². The molecule has 0 radical (unpaired) electrons. The maximum Gasteiger partial charge on any atom is 0.407 e. The molecule has 5 aliphatic rings. The van der Waals surface area contributed by atoms with Gasteiger partial charge in [-0.3, -0.25) is 14.6 Å². The first-order chi connectivity index (χ1) is 32.3. The first-order valence-corrected chi connectivity index (χ1v) is 24.4. The lowest BCUT2D eigenvalue weighted by Crippen LogP contribution is -2.53. The highest BCUT2D eigenvalue weighted by Crippen LogP contribution is 2.48. The lowest BCUT2D eigenvalue weighted by molar-refractivity contribution is -0.135. The van der Waals surface area contributed by atoms with Crippen molar-refractivity contribution in [2.24, 2.45) is 34.4 Å². The number of likely N-dealkylation sites (tertiary alicyclic amines) is 2. The monoisotopic (exact) mass is 911 g/mol. The largest absolute Gasteiger partial charge is 0.494 e. The fourth-order valence-electron chi connectivity index (χ4n) is 10.6. The Morgan fingerprint density at radius 3 is 2.45 bits per heavy atom. The van der Waals surface area contributed by atoms with Gasteiger partial charge in [0.1, 0.15) is 23.4 Å². The average molecular weight is 911 g/mol. The summed E-state index contributed by atoms with van der Waals surface area (Å²) < 4.78 is 20.3. The number of fused-ring (bicyclic) bond motifs is 5. The molecule has 4 N–H and O–H groups in total. The van der Waals surface area contributed by atoms with Crippen LogP contribution in [0.3, 0.4) is 0 Å². The molecule has 2 aromatic carbocycles. The van der Waals surface area contributed by atoms with Gasteiger partial charge in [-0.05, 0) is 112 Å². The normalized spacial score (nSPS) is 23.5. The molecule has 2 fully saturated rings. The zero-order valence-electron chi connectivity index (χ0n) is 40.0. The van der Waals surface area contributed by atoms with Gasteiger partial charge in [-0.25, -0.2) is 9.78 Å². The van der Waals surface area contributed by atoms with Gasteiger partial charge in [-0.1, -0.05) is 58.9 Å². The Balaban J connectivity index is 1.06. The number of nitrogens with two attached hydrogens (primary N) is 1. The molecule has 354 valence electrons. The Kier molecular flexibility index (Phi) is 13.2. The summed E-state index contributed by atoms with van der Waals surface area (Å²) in [5.41, 5.74) is 14.2. The number of hydrogen-bond acceptors (Lipinski definition) is 9. The van der Waals surface area contributed by atoms with Gasteiger partial charge in [-0.2, -0.15) is 0 Å². The number of ether oxygens (including phenoxy) is 3. The summed E-state index contributed by atoms with van der Waals surface area (Å²) in [4.78, 5) is 57.3. The fraction of sp³-hybridized carbons (Fsp3) is 0.491. The average Bonchev–Trinajstić information content (AvgIpc) is 4.16. The van der Waals surface area contributed by atoms with Crippen molar-refractivity contribution in [1.29, 1.82) is 0 Å². The number of rotatable bonds is 12. The molecule has 1 aliphatic carbocycles. The van der Waals surface area contributed by atoms with E-state index in [2.05, 4.69) is 82.5 Å². The summed E-state index contributed by atoms with van der Waals surface area (Å²) in [6.45, 7) is 13.9. The van der Waals surface area contributed by atoms with Crippen LogP contribution in [0.15, 0.2) is 83.7 Å². The second-order valence-electron chi connectivity index (χ2n) is 19.6. The van der Waals surface area contributed by atoms with E-state index >= 15 is 0 Å². The number of nitrogens with one attached hydrogen (secondary N) is 2. The Hall–Kier alpha value is -6.15. The van der Waals surface area contributed by atoms with Crippen molar-refractivity contribution in [2.75, 3.05) is 26.8 Å². The molecule has 0 bridgehead atoms. The van der Waals surface area contributed by atoms with Crippen molar-refractivity contribution >= 4 is 40.2 Å². The van der Waals surface area contributed by atoms with E-state index in [1.165, 1.54) is 7.11 Å². The summed E-state index contributed by atoms with van der Waals surface area (Å²) >= 11 is 0. The van der Waals surface area contributed by atoms with Gasteiger partial charge in [0.2, 0.25) is 11.8 Å². The second-order valence-corrected chi connectivity index (χ2v) is 19.6. The minimum absolute atomic E-state index is 0.00742. The van der Waals surface area contributed by atoms with Crippen LogP contribution < -0.4 is 15.8 Å². The third kappa shape index (κ3) is 9.04. The first-order valence-electron chi connectivity index (χ1n) is 24.4. The quantitative estimate of drug-likeness (QED) is 0.126. The minimum Gasteiger partial charge on any atom is -0.494 e. The maximum atomic E-state index is 14.1. The Bertz CT molecular complexity index is 2650. The van der Waals surface area contributed by atoms with Crippen LogP contribution in [-0.4, -0.2) is 92.9 Å². The van der Waals surface area contributed by atoms with Crippen molar-refractivity contribution in [3.8, 4) is 28.3 Å². The number of methoxy groups -OCH3 is 1. The third-order valence-electron chi connectivity index (χ3n) is 14.3. The van der Waals surface area contributed by atoms with Crippen LogP contribution in [0.25, 0.3) is 39.1 Å². The van der Waals surface area contributed by atoms with Gasteiger partial charge in [-0.15, -0.1) is 0 Å². The number of imidazole rings is 1. The second kappa shape index (κ2) is 19.2. The maximum absolute atomic E-state index is 14.1. The van der Waals surface area contributed by atoms with Crippen molar-refractivity contribution < 1.29 is 28.6 Å². The molecule has 14 heteroatoms. The van der Waals surface area contributed by atoms with Crippen molar-refractivity contribution in [3.63, 3.8) is 0 Å². The standard InChI is InChI=1S/C53H66N8O6/c1-8-66-37-13-9-12-35(26-37)52-61-42-21-18-33(40-24-32(6)16-20-39(56-40)43-14-10-22-59(43)51(63)48(31(4)5)58-53(64)65-7)25-36(42)27-45(61)38-19-17-34(28-46(38)67-52)41-29-55-49(57-41)44-15-11-23-60(44)50(62)47(54)30(2)3/h9,13,17-19,21,24-32,35,43-44,47-48,52H,8,10-12,14-16,20,22-23,54H2,1-7H3,(H,55,57)(H,58,64). The van der Waals surface area contributed by atoms with Gasteiger partial charge in [0, 0.05) is 46.8 Å². The topological polar surface area (TPSA) is 169 Å². The fourth-order valence-corrected chi connectivity index (χ4v) is 10.6. The predicted molar refractivity (Wildman–Crippen MR) is 261 cm³/mol. The lowest BCUT2D eigenvalue weighted by atomic mass is 9.95. The van der Waals surface area contributed by atoms with E-state index in [-0.39, 0.29) is 53.8 Å². The van der Waals surface area contributed by atoms with E-state index in [4.69, 9.17) is 29.9 Å². The lowest BCUT2D eigenvalue weighted by Gasteiger charge is -2.35. The number of aromatic amines is 1. The van der Waals surface area contributed by atoms with E-state index in [1.807, 2.05) is 56.7 Å². The van der Waals surface area contributed by atoms with Gasteiger partial charge in [0.25, 0.3) is 0 Å². The molecule has 2 aromatic heterocycles. The highest BCUT2D eigenvalue weighted by molar-refractivity contribution is 5.99. The Labute approximate surface area is 393 Å². The van der Waals surface area contributed by atoms with Crippen molar-refractivity contribution in [2.45, 2.75) is 117 Å². The summed E-state index contributed by atoms with van der Waals surface area (Å²) in [5.74, 6) is 2.47. The predicted octanol–water partition coefficient (Wildman–Crippen LogP) is 9.32. The number of nitrogens with zero attached hydrogens (tertiary/aromatic N) is 5. The number of aliphatic imine (C=N–C) groups is 1. The molecule has 6 heterocycles. The zero-order valence-corrected chi connectivity index (χ0v) is 40.0. The molecule has 2 saturated heterocycles. The summed E-state index contributed by atoms with van der Waals surface area (Å²) in [6, 6.07) is 13.7. The number of H-pyrrole nitrogens is 1. The number of hydrogen-bond donors (Lipinski definition) is 3. The van der Waals surface area contributed by atoms with Crippen LogP contribution in [0.1, 0.15) is 110 Å². The Morgan fingerprint density at radius 2 is 1.70 bits per heavy atom. The zero-order chi connectivity index (χ0) is 47.1. The highest BCUT2D eigenvalue weighted by Gasteiger charge is 2.39. The van der Waals surface area contributed by atoms with E-state index in [0.29, 0.717) is 19.7 Å². The molecule has 0 spiro atoms. The minimum atomic E-state index is -0.689. The van der Waals surface area contributed by atoms with E-state index in [1.54, 1.807) is 0 Å². The Morgan fingerprint density at radius 1 is 0.940 bits per heavy atom. The summed E-state index contributed by atoms with van der Waals surface area (Å²) in [7, 11) is 1.32. The molecule has 3 amide bonds. The molecule has 4 aromatic rings. The molecule has 7 unspecified atom stereocenters.